The van der Waals surface area contributed by atoms with E-state index in [2.05, 4.69) is 26.5 Å². The van der Waals surface area contributed by atoms with Gasteiger partial charge in [0.05, 0.1) is 0 Å². The lowest BCUT2D eigenvalue weighted by Crippen LogP contribution is -1.99. The molecule has 1 unspecified atom stereocenters. The fourth-order valence-electron chi connectivity index (χ4n) is 1.81. The SMILES string of the molecule is C=C1/C=C(/C)CC(C)CCC1. The summed E-state index contributed by atoms with van der Waals surface area (Å²) in [6.45, 7) is 8.57. The summed E-state index contributed by atoms with van der Waals surface area (Å²) in [5.41, 5.74) is 2.82. The maximum Gasteiger partial charge on any atom is -0.0285 e. The third-order valence-electron chi connectivity index (χ3n) is 2.32. The Balaban J connectivity index is 2.61. The molecular weight excluding hydrogens is 132 g/mol. The Bertz CT molecular complexity index is 174. The van der Waals surface area contributed by atoms with Gasteiger partial charge in [-0.05, 0) is 32.1 Å². The highest BCUT2D eigenvalue weighted by molar-refractivity contribution is 5.20. The third kappa shape index (κ3) is 2.92. The lowest BCUT2D eigenvalue weighted by Gasteiger charge is -2.15. The average molecular weight is 150 g/mol. The average Bonchev–Trinajstić information content (AvgIpc) is 1.83. The monoisotopic (exact) mass is 150 g/mol. The molecule has 62 valence electrons. The summed E-state index contributed by atoms with van der Waals surface area (Å²) in [6, 6.07) is 0. The van der Waals surface area contributed by atoms with E-state index in [-0.39, 0.29) is 0 Å². The Morgan fingerprint density at radius 3 is 3.00 bits per heavy atom. The van der Waals surface area contributed by atoms with Crippen molar-refractivity contribution in [2.75, 3.05) is 0 Å². The fraction of sp³-hybridized carbons (Fsp3) is 0.636. The van der Waals surface area contributed by atoms with Crippen LogP contribution in [-0.2, 0) is 0 Å². The van der Waals surface area contributed by atoms with Crippen LogP contribution in [0.2, 0.25) is 0 Å². The van der Waals surface area contributed by atoms with Gasteiger partial charge < -0.3 is 0 Å². The molecule has 0 aromatic rings. The first-order valence-electron chi connectivity index (χ1n) is 4.53. The second kappa shape index (κ2) is 3.75. The molecule has 0 saturated carbocycles. The Morgan fingerprint density at radius 2 is 2.27 bits per heavy atom. The first-order valence-corrected chi connectivity index (χ1v) is 4.53. The van der Waals surface area contributed by atoms with Crippen LogP contribution in [0.5, 0.6) is 0 Å². The molecular formula is C11H18. The van der Waals surface area contributed by atoms with Crippen LogP contribution in [0.4, 0.5) is 0 Å². The number of hydrogen-bond donors (Lipinski definition) is 0. The lowest BCUT2D eigenvalue weighted by molar-refractivity contribution is 0.500. The zero-order valence-corrected chi connectivity index (χ0v) is 7.69. The second-order valence-corrected chi connectivity index (χ2v) is 3.85. The van der Waals surface area contributed by atoms with Crippen LogP contribution in [0.25, 0.3) is 0 Å². The minimum atomic E-state index is 0.874. The van der Waals surface area contributed by atoms with E-state index in [1.807, 2.05) is 0 Å². The van der Waals surface area contributed by atoms with Gasteiger partial charge in [0.2, 0.25) is 0 Å². The van der Waals surface area contributed by atoms with Crippen molar-refractivity contribution in [3.8, 4) is 0 Å². The van der Waals surface area contributed by atoms with Gasteiger partial charge in [0.25, 0.3) is 0 Å². The van der Waals surface area contributed by atoms with Gasteiger partial charge in [-0.2, -0.15) is 0 Å². The molecule has 1 aliphatic carbocycles. The molecule has 0 amide bonds. The highest BCUT2D eigenvalue weighted by Crippen LogP contribution is 2.23. The molecule has 0 aromatic carbocycles. The minimum absolute atomic E-state index is 0.874. The van der Waals surface area contributed by atoms with Gasteiger partial charge in [-0.25, -0.2) is 0 Å². The van der Waals surface area contributed by atoms with Crippen LogP contribution in [0.3, 0.4) is 0 Å². The Labute approximate surface area is 70.0 Å². The highest BCUT2D eigenvalue weighted by Gasteiger charge is 2.06. The van der Waals surface area contributed by atoms with Gasteiger partial charge in [-0.1, -0.05) is 37.1 Å². The fourth-order valence-corrected chi connectivity index (χ4v) is 1.81. The van der Waals surface area contributed by atoms with Crippen molar-refractivity contribution in [1.29, 1.82) is 0 Å². The van der Waals surface area contributed by atoms with Crippen LogP contribution in [-0.4, -0.2) is 0 Å². The van der Waals surface area contributed by atoms with E-state index in [0.29, 0.717) is 0 Å². The lowest BCUT2D eigenvalue weighted by atomic mass is 9.91. The van der Waals surface area contributed by atoms with Crippen molar-refractivity contribution in [1.82, 2.24) is 0 Å². The van der Waals surface area contributed by atoms with E-state index in [1.54, 1.807) is 0 Å². The maximum atomic E-state index is 4.01. The van der Waals surface area contributed by atoms with Gasteiger partial charge in [0, 0.05) is 0 Å². The van der Waals surface area contributed by atoms with Crippen molar-refractivity contribution in [3.63, 3.8) is 0 Å². The van der Waals surface area contributed by atoms with Gasteiger partial charge >= 0.3 is 0 Å². The molecule has 1 rings (SSSR count). The molecule has 1 aliphatic rings. The predicted octanol–water partition coefficient (Wildman–Crippen LogP) is 3.70. The van der Waals surface area contributed by atoms with Crippen LogP contribution in [0, 0.1) is 5.92 Å². The summed E-state index contributed by atoms with van der Waals surface area (Å²) in [5.74, 6) is 0.874. The van der Waals surface area contributed by atoms with E-state index < -0.39 is 0 Å². The van der Waals surface area contributed by atoms with Gasteiger partial charge in [-0.3, -0.25) is 0 Å². The van der Waals surface area contributed by atoms with Crippen LogP contribution in [0.15, 0.2) is 23.8 Å². The smallest absolute Gasteiger partial charge is 0.0285 e. The zero-order valence-electron chi connectivity index (χ0n) is 7.69. The van der Waals surface area contributed by atoms with Crippen molar-refractivity contribution >= 4 is 0 Å². The topological polar surface area (TPSA) is 0 Å². The Morgan fingerprint density at radius 1 is 1.55 bits per heavy atom. The van der Waals surface area contributed by atoms with Gasteiger partial charge in [0.1, 0.15) is 0 Å². The summed E-state index contributed by atoms with van der Waals surface area (Å²) in [4.78, 5) is 0. The quantitative estimate of drug-likeness (QED) is 0.494. The van der Waals surface area contributed by atoms with E-state index >= 15 is 0 Å². The summed E-state index contributed by atoms with van der Waals surface area (Å²) in [6.07, 6.45) is 7.41. The molecule has 0 bridgehead atoms. The molecule has 0 nitrogen and oxygen atoms in total. The molecule has 0 aliphatic heterocycles. The standard InChI is InChI=1S/C11H18/c1-9-5-4-6-10(2)8-11(3)7-9/h7,10H,1,4-6,8H2,2-3H3/b11-7-. The summed E-state index contributed by atoms with van der Waals surface area (Å²) < 4.78 is 0. The maximum absolute atomic E-state index is 4.01. The number of hydrogen-bond acceptors (Lipinski definition) is 0. The summed E-state index contributed by atoms with van der Waals surface area (Å²) >= 11 is 0. The molecule has 0 radical (unpaired) electrons. The summed E-state index contributed by atoms with van der Waals surface area (Å²) in [7, 11) is 0. The van der Waals surface area contributed by atoms with E-state index in [1.165, 1.54) is 36.8 Å². The molecule has 0 aromatic heterocycles. The van der Waals surface area contributed by atoms with Gasteiger partial charge in [0.15, 0.2) is 0 Å². The molecule has 11 heavy (non-hydrogen) atoms. The van der Waals surface area contributed by atoms with Crippen LogP contribution < -0.4 is 0 Å². The van der Waals surface area contributed by atoms with Crippen molar-refractivity contribution < 1.29 is 0 Å². The number of rotatable bonds is 0. The van der Waals surface area contributed by atoms with Crippen LogP contribution in [0.1, 0.15) is 39.5 Å². The third-order valence-corrected chi connectivity index (χ3v) is 2.32. The first-order chi connectivity index (χ1) is 5.18. The highest BCUT2D eigenvalue weighted by atomic mass is 14.1. The normalized spacial score (nSPS) is 32.0. The minimum Gasteiger partial charge on any atom is -0.0958 e. The van der Waals surface area contributed by atoms with E-state index in [9.17, 15) is 0 Å². The Hall–Kier alpha value is -0.520. The molecule has 0 saturated heterocycles. The van der Waals surface area contributed by atoms with Gasteiger partial charge in [-0.15, -0.1) is 0 Å². The molecule has 0 heterocycles. The van der Waals surface area contributed by atoms with Crippen LogP contribution >= 0.6 is 0 Å². The Kier molecular flexibility index (Phi) is 2.92. The molecule has 1 atom stereocenters. The largest absolute Gasteiger partial charge is 0.0958 e. The van der Waals surface area contributed by atoms with E-state index in [0.717, 1.165) is 5.92 Å². The van der Waals surface area contributed by atoms with Crippen molar-refractivity contribution in [2.24, 2.45) is 5.92 Å². The molecule has 0 heteroatoms. The molecule has 0 N–H and O–H groups in total. The predicted molar refractivity (Wildman–Crippen MR) is 50.5 cm³/mol. The second-order valence-electron chi connectivity index (χ2n) is 3.85. The zero-order chi connectivity index (χ0) is 8.27. The molecule has 0 spiro atoms. The summed E-state index contributed by atoms with van der Waals surface area (Å²) in [5, 5.41) is 0. The van der Waals surface area contributed by atoms with E-state index in [4.69, 9.17) is 0 Å². The van der Waals surface area contributed by atoms with Crippen molar-refractivity contribution in [3.05, 3.63) is 23.8 Å². The van der Waals surface area contributed by atoms with Crippen molar-refractivity contribution in [2.45, 2.75) is 39.5 Å². The number of allylic oxidation sites excluding steroid dienone is 3. The molecule has 0 fully saturated rings. The first kappa shape index (κ1) is 8.58.